The van der Waals surface area contributed by atoms with Gasteiger partial charge in [-0.2, -0.15) is 0 Å². The molecule has 22 heavy (non-hydrogen) atoms. The SMILES string of the molecule is CC1(C)O[C@H]2O[C@H](/C(Cl)=N/O)[C@H](OCc3ccccc3)[C@H]2O1. The highest BCUT2D eigenvalue weighted by Crippen LogP contribution is 2.39. The molecule has 0 spiro atoms. The fourth-order valence-electron chi connectivity index (χ4n) is 2.68. The van der Waals surface area contributed by atoms with Gasteiger partial charge in [-0.1, -0.05) is 47.1 Å². The van der Waals surface area contributed by atoms with E-state index >= 15 is 0 Å². The van der Waals surface area contributed by atoms with Crippen molar-refractivity contribution in [3.05, 3.63) is 35.9 Å². The first-order valence-corrected chi connectivity index (χ1v) is 7.42. The van der Waals surface area contributed by atoms with Gasteiger partial charge < -0.3 is 24.2 Å². The van der Waals surface area contributed by atoms with Crippen LogP contribution in [0.1, 0.15) is 19.4 Å². The van der Waals surface area contributed by atoms with E-state index in [9.17, 15) is 0 Å². The summed E-state index contributed by atoms with van der Waals surface area (Å²) in [7, 11) is 0. The van der Waals surface area contributed by atoms with Gasteiger partial charge in [-0.05, 0) is 19.4 Å². The van der Waals surface area contributed by atoms with Gasteiger partial charge in [0.2, 0.25) is 0 Å². The average molecular weight is 328 g/mol. The molecule has 0 aliphatic carbocycles. The summed E-state index contributed by atoms with van der Waals surface area (Å²) >= 11 is 5.91. The van der Waals surface area contributed by atoms with Crippen LogP contribution in [0.25, 0.3) is 0 Å². The minimum Gasteiger partial charge on any atom is -0.410 e. The lowest BCUT2D eigenvalue weighted by Gasteiger charge is -2.25. The van der Waals surface area contributed by atoms with Gasteiger partial charge in [0.15, 0.2) is 17.2 Å². The molecule has 2 fully saturated rings. The predicted molar refractivity (Wildman–Crippen MR) is 78.8 cm³/mol. The molecule has 2 aliphatic heterocycles. The fourth-order valence-corrected chi connectivity index (χ4v) is 2.85. The highest BCUT2D eigenvalue weighted by molar-refractivity contribution is 6.66. The minimum atomic E-state index is -0.752. The molecule has 2 aliphatic rings. The summed E-state index contributed by atoms with van der Waals surface area (Å²) < 4.78 is 23.1. The van der Waals surface area contributed by atoms with Crippen LogP contribution in [0, 0.1) is 0 Å². The van der Waals surface area contributed by atoms with E-state index in [4.69, 9.17) is 35.8 Å². The van der Waals surface area contributed by atoms with Crippen LogP contribution < -0.4 is 0 Å². The second kappa shape index (κ2) is 6.14. The Labute approximate surface area is 133 Å². The minimum absolute atomic E-state index is 0.0857. The second-order valence-corrected chi connectivity index (χ2v) is 6.10. The molecule has 1 N–H and O–H groups in total. The number of hydrogen-bond acceptors (Lipinski definition) is 6. The van der Waals surface area contributed by atoms with E-state index in [2.05, 4.69) is 5.16 Å². The second-order valence-electron chi connectivity index (χ2n) is 5.71. The molecule has 0 bridgehead atoms. The molecule has 1 aromatic carbocycles. The van der Waals surface area contributed by atoms with Crippen molar-refractivity contribution in [1.29, 1.82) is 0 Å². The van der Waals surface area contributed by atoms with Crippen LogP contribution in [0.3, 0.4) is 0 Å². The molecule has 0 amide bonds. The van der Waals surface area contributed by atoms with Gasteiger partial charge in [0.1, 0.15) is 18.3 Å². The molecule has 7 heteroatoms. The molecular formula is C15H18ClNO5. The standard InChI is InChI=1S/C15H18ClNO5/c1-15(2)21-12-10(19-8-9-6-4-3-5-7-9)11(13(16)17-18)20-14(12)22-15/h3-7,10-12,14,18H,8H2,1-2H3/b17-13-/t10-,11-,12+,14+/m0/s1. The number of hydrogen-bond donors (Lipinski definition) is 1. The summed E-state index contributed by atoms with van der Waals surface area (Å²) in [6.07, 6.45) is -2.27. The zero-order chi connectivity index (χ0) is 15.7. The Morgan fingerprint density at radius 1 is 1.32 bits per heavy atom. The highest BCUT2D eigenvalue weighted by atomic mass is 35.5. The smallest absolute Gasteiger partial charge is 0.190 e. The van der Waals surface area contributed by atoms with Crippen LogP contribution in [0.15, 0.2) is 35.5 Å². The Bertz CT molecular complexity index is 550. The van der Waals surface area contributed by atoms with Crippen molar-refractivity contribution in [2.45, 2.75) is 50.8 Å². The van der Waals surface area contributed by atoms with Gasteiger partial charge in [-0.25, -0.2) is 0 Å². The van der Waals surface area contributed by atoms with Crippen molar-refractivity contribution in [2.75, 3.05) is 0 Å². The fraction of sp³-hybridized carbons (Fsp3) is 0.533. The Morgan fingerprint density at radius 2 is 2.05 bits per heavy atom. The zero-order valence-corrected chi connectivity index (χ0v) is 13.1. The van der Waals surface area contributed by atoms with Crippen LogP contribution in [0.2, 0.25) is 0 Å². The van der Waals surface area contributed by atoms with Crippen LogP contribution in [-0.2, 0) is 25.6 Å². The summed E-state index contributed by atoms with van der Waals surface area (Å²) in [5, 5.41) is 11.8. The molecule has 0 aromatic heterocycles. The molecule has 0 saturated carbocycles. The number of fused-ring (bicyclic) bond motifs is 1. The molecule has 2 saturated heterocycles. The van der Waals surface area contributed by atoms with E-state index in [1.54, 1.807) is 13.8 Å². The molecule has 2 heterocycles. The largest absolute Gasteiger partial charge is 0.410 e. The van der Waals surface area contributed by atoms with Crippen molar-refractivity contribution in [3.63, 3.8) is 0 Å². The van der Waals surface area contributed by atoms with E-state index in [0.29, 0.717) is 6.61 Å². The first-order chi connectivity index (χ1) is 10.5. The van der Waals surface area contributed by atoms with E-state index in [0.717, 1.165) is 5.56 Å². The summed E-state index contributed by atoms with van der Waals surface area (Å²) in [4.78, 5) is 0. The third-order valence-corrected chi connectivity index (χ3v) is 3.90. The monoisotopic (exact) mass is 327 g/mol. The van der Waals surface area contributed by atoms with E-state index in [1.165, 1.54) is 0 Å². The lowest BCUT2D eigenvalue weighted by atomic mass is 10.1. The number of rotatable bonds is 4. The molecular weight excluding hydrogens is 310 g/mol. The predicted octanol–water partition coefficient (Wildman–Crippen LogP) is 2.47. The molecule has 0 unspecified atom stereocenters. The van der Waals surface area contributed by atoms with Gasteiger partial charge in [0, 0.05) is 0 Å². The molecule has 0 radical (unpaired) electrons. The number of nitrogens with zero attached hydrogens (tertiary/aromatic N) is 1. The quantitative estimate of drug-likeness (QED) is 0.522. The number of oxime groups is 1. The van der Waals surface area contributed by atoms with Crippen molar-refractivity contribution in [3.8, 4) is 0 Å². The topological polar surface area (TPSA) is 69.5 Å². The highest BCUT2D eigenvalue weighted by Gasteiger charge is 2.56. The normalized spacial score (nSPS) is 33.9. The Morgan fingerprint density at radius 3 is 2.73 bits per heavy atom. The third-order valence-electron chi connectivity index (χ3n) is 3.61. The maximum atomic E-state index is 8.90. The third kappa shape index (κ3) is 3.11. The zero-order valence-electron chi connectivity index (χ0n) is 12.3. The maximum absolute atomic E-state index is 8.90. The van der Waals surface area contributed by atoms with Gasteiger partial charge >= 0.3 is 0 Å². The first-order valence-electron chi connectivity index (χ1n) is 7.04. The lowest BCUT2D eigenvalue weighted by molar-refractivity contribution is -0.210. The van der Waals surface area contributed by atoms with Crippen molar-refractivity contribution in [2.24, 2.45) is 5.16 Å². The first kappa shape index (κ1) is 15.7. The van der Waals surface area contributed by atoms with Crippen molar-refractivity contribution in [1.82, 2.24) is 0 Å². The van der Waals surface area contributed by atoms with Crippen molar-refractivity contribution >= 4 is 16.8 Å². The molecule has 120 valence electrons. The Hall–Kier alpha value is -1.18. The van der Waals surface area contributed by atoms with Crippen molar-refractivity contribution < 1.29 is 24.2 Å². The van der Waals surface area contributed by atoms with Gasteiger partial charge in [0.25, 0.3) is 0 Å². The molecule has 6 nitrogen and oxygen atoms in total. The Kier molecular flexibility index (Phi) is 4.38. The lowest BCUT2D eigenvalue weighted by Crippen LogP contribution is -2.39. The Balaban J connectivity index is 1.74. The van der Waals surface area contributed by atoms with Crippen LogP contribution in [-0.4, -0.2) is 40.8 Å². The van der Waals surface area contributed by atoms with E-state index in [-0.39, 0.29) is 5.17 Å². The van der Waals surface area contributed by atoms with Gasteiger partial charge in [-0.15, -0.1) is 0 Å². The maximum Gasteiger partial charge on any atom is 0.190 e. The van der Waals surface area contributed by atoms with Crippen LogP contribution in [0.4, 0.5) is 0 Å². The molecule has 3 rings (SSSR count). The van der Waals surface area contributed by atoms with Gasteiger partial charge in [-0.3, -0.25) is 0 Å². The molecule has 4 atom stereocenters. The summed E-state index contributed by atoms with van der Waals surface area (Å²) in [6, 6.07) is 9.72. The van der Waals surface area contributed by atoms with Crippen LogP contribution in [0.5, 0.6) is 0 Å². The average Bonchev–Trinajstić information content (AvgIpc) is 2.97. The summed E-state index contributed by atoms with van der Waals surface area (Å²) in [5.74, 6) is -0.752. The van der Waals surface area contributed by atoms with Gasteiger partial charge in [0.05, 0.1) is 6.61 Å². The van der Waals surface area contributed by atoms with E-state index in [1.807, 2.05) is 30.3 Å². The van der Waals surface area contributed by atoms with Crippen LogP contribution >= 0.6 is 11.6 Å². The number of ether oxygens (including phenoxy) is 4. The summed E-state index contributed by atoms with van der Waals surface area (Å²) in [6.45, 7) is 3.98. The summed E-state index contributed by atoms with van der Waals surface area (Å²) in [5.41, 5.74) is 1.01. The number of halogens is 1. The molecule has 1 aromatic rings. The number of benzene rings is 1. The van der Waals surface area contributed by atoms with E-state index < -0.39 is 30.4 Å².